The van der Waals surface area contributed by atoms with E-state index in [1.54, 1.807) is 0 Å². The van der Waals surface area contributed by atoms with Crippen LogP contribution >= 0.6 is 23.2 Å². The Morgan fingerprint density at radius 2 is 1.05 bits per heavy atom. The lowest BCUT2D eigenvalue weighted by Gasteiger charge is -2.31. The number of aliphatic hydroxyl groups is 2. The van der Waals surface area contributed by atoms with E-state index >= 15 is 0 Å². The van der Waals surface area contributed by atoms with E-state index in [0.29, 0.717) is 16.2 Å². The largest absolute Gasteiger partial charge is 0.507 e. The molecular weight excluding hydrogens is 547 g/mol. The number of hydrogen-bond acceptors (Lipinski definition) is 2. The minimum atomic E-state index is -0.612. The number of benzene rings is 5. The van der Waals surface area contributed by atoms with Gasteiger partial charge in [0.15, 0.2) is 0 Å². The summed E-state index contributed by atoms with van der Waals surface area (Å²) in [4.78, 5) is 0. The van der Waals surface area contributed by atoms with Crippen LogP contribution in [-0.2, 0) is 0 Å². The summed E-state index contributed by atoms with van der Waals surface area (Å²) >= 11 is 13.9. The summed E-state index contributed by atoms with van der Waals surface area (Å²) < 4.78 is 0. The quantitative estimate of drug-likeness (QED) is 0.220. The first-order valence-corrected chi connectivity index (χ1v) is 14.1. The maximum atomic E-state index is 12.2. The zero-order valence-electron chi connectivity index (χ0n) is 22.0. The number of rotatable bonds is 5. The predicted molar refractivity (Wildman–Crippen MR) is 170 cm³/mol. The second-order valence-corrected chi connectivity index (χ2v) is 10.7. The van der Waals surface area contributed by atoms with Crippen LogP contribution in [0.15, 0.2) is 162 Å². The van der Waals surface area contributed by atoms with Crippen LogP contribution in [0.4, 0.5) is 0 Å². The van der Waals surface area contributed by atoms with E-state index in [4.69, 9.17) is 23.2 Å². The maximum Gasteiger partial charge on any atom is 0.142 e. The second-order valence-electron chi connectivity index (χ2n) is 9.85. The van der Waals surface area contributed by atoms with E-state index in [9.17, 15) is 10.2 Å². The fourth-order valence-corrected chi connectivity index (χ4v) is 6.06. The molecule has 0 saturated heterocycles. The van der Waals surface area contributed by atoms with Crippen LogP contribution in [0.5, 0.6) is 0 Å². The van der Waals surface area contributed by atoms with Crippen molar-refractivity contribution < 1.29 is 10.2 Å². The average molecular weight is 574 g/mol. The van der Waals surface area contributed by atoms with Gasteiger partial charge < -0.3 is 10.2 Å². The van der Waals surface area contributed by atoms with Gasteiger partial charge in [-0.2, -0.15) is 0 Å². The average Bonchev–Trinajstić information content (AvgIpc) is 3.02. The monoisotopic (exact) mass is 572 g/mol. The summed E-state index contributed by atoms with van der Waals surface area (Å²) in [5.41, 5.74) is 6.72. The normalized spacial score (nSPS) is 15.3. The second kappa shape index (κ2) is 11.5. The van der Waals surface area contributed by atoms with Crippen LogP contribution in [0, 0.1) is 0 Å². The molecule has 4 heteroatoms. The summed E-state index contributed by atoms with van der Waals surface area (Å²) in [7, 11) is 0. The molecule has 6 rings (SSSR count). The highest BCUT2D eigenvalue weighted by Crippen LogP contribution is 2.52. The van der Waals surface area contributed by atoms with Crippen molar-refractivity contribution in [2.75, 3.05) is 0 Å². The van der Waals surface area contributed by atoms with Gasteiger partial charge in [0.2, 0.25) is 0 Å². The van der Waals surface area contributed by atoms with Gasteiger partial charge in [-0.05, 0) is 39.5 Å². The lowest BCUT2D eigenvalue weighted by molar-refractivity contribution is 0.391. The van der Waals surface area contributed by atoms with Crippen molar-refractivity contribution in [2.45, 2.75) is 5.92 Å². The Hall–Kier alpha value is -4.50. The summed E-state index contributed by atoms with van der Waals surface area (Å²) in [6.45, 7) is 0. The van der Waals surface area contributed by atoms with Gasteiger partial charge in [-0.25, -0.2) is 0 Å². The number of hydrogen-bond donors (Lipinski definition) is 2. The first kappa shape index (κ1) is 26.7. The Kier molecular flexibility index (Phi) is 7.52. The predicted octanol–water partition coefficient (Wildman–Crippen LogP) is 10.6. The molecule has 0 heterocycles. The first-order chi connectivity index (χ1) is 20.0. The van der Waals surface area contributed by atoms with Crippen LogP contribution < -0.4 is 0 Å². The Labute approximate surface area is 249 Å². The highest BCUT2D eigenvalue weighted by Gasteiger charge is 2.37. The third-order valence-electron chi connectivity index (χ3n) is 7.37. The van der Waals surface area contributed by atoms with Gasteiger partial charge in [-0.15, -0.1) is 0 Å². The summed E-state index contributed by atoms with van der Waals surface area (Å²) in [5, 5.41) is 24.4. The third-order valence-corrected chi connectivity index (χ3v) is 8.08. The van der Waals surface area contributed by atoms with E-state index in [1.807, 2.05) is 140 Å². The number of allylic oxidation sites excluding steroid dienone is 3. The molecule has 0 amide bonds. The van der Waals surface area contributed by atoms with Crippen molar-refractivity contribution in [1.29, 1.82) is 0 Å². The molecule has 0 spiro atoms. The molecular formula is C37H26Cl2O2. The molecule has 2 N–H and O–H groups in total. The van der Waals surface area contributed by atoms with E-state index in [-0.39, 0.29) is 22.1 Å². The Bertz CT molecular complexity index is 1750. The molecule has 0 bridgehead atoms. The molecule has 1 atom stereocenters. The molecule has 0 aromatic heterocycles. The summed E-state index contributed by atoms with van der Waals surface area (Å²) in [6, 6.07) is 45.0. The van der Waals surface area contributed by atoms with Crippen LogP contribution in [0.25, 0.3) is 22.3 Å². The molecule has 1 aliphatic carbocycles. The van der Waals surface area contributed by atoms with Crippen molar-refractivity contribution in [3.63, 3.8) is 0 Å². The highest BCUT2D eigenvalue weighted by atomic mass is 35.5. The molecule has 1 aliphatic rings. The van der Waals surface area contributed by atoms with Crippen molar-refractivity contribution >= 4 is 34.3 Å². The molecule has 5 aromatic rings. The van der Waals surface area contributed by atoms with Gasteiger partial charge in [-0.1, -0.05) is 157 Å². The Morgan fingerprint density at radius 3 is 1.59 bits per heavy atom. The van der Waals surface area contributed by atoms with Crippen LogP contribution in [-0.4, -0.2) is 10.2 Å². The minimum Gasteiger partial charge on any atom is -0.507 e. The van der Waals surface area contributed by atoms with Gasteiger partial charge in [0.05, 0.1) is 16.5 Å². The van der Waals surface area contributed by atoms with Crippen molar-refractivity contribution in [2.24, 2.45) is 0 Å². The zero-order chi connectivity index (χ0) is 28.3. The SMILES string of the molecule is OC1=C(c2ccc(-c3ccccc3)cc2Cl)C(O)=C(Cl)C(c2ccccc2)C1=C(c1ccccc1)c1ccccc1. The first-order valence-electron chi connectivity index (χ1n) is 13.3. The standard InChI is InChI=1S/C37H26Cl2O2/c38-30-23-28(24-13-5-1-6-14-24)21-22-29(30)33-36(40)34(32(35(39)37(33)41)27-19-11-4-12-20-27)31(25-15-7-2-8-16-25)26-17-9-3-10-18-26/h1-23,32,40-41H. The van der Waals surface area contributed by atoms with Gasteiger partial charge >= 0.3 is 0 Å². The maximum absolute atomic E-state index is 12.2. The summed E-state index contributed by atoms with van der Waals surface area (Å²) in [5.74, 6) is -0.881. The Morgan fingerprint density at radius 1 is 0.537 bits per heavy atom. The van der Waals surface area contributed by atoms with Gasteiger partial charge in [0.1, 0.15) is 11.5 Å². The molecule has 2 nitrogen and oxygen atoms in total. The number of aliphatic hydroxyl groups excluding tert-OH is 2. The highest BCUT2D eigenvalue weighted by molar-refractivity contribution is 6.34. The fraction of sp³-hybridized carbons (Fsp3) is 0.0270. The topological polar surface area (TPSA) is 40.5 Å². The molecule has 0 aliphatic heterocycles. The molecule has 0 radical (unpaired) electrons. The minimum absolute atomic E-state index is 0.0715. The summed E-state index contributed by atoms with van der Waals surface area (Å²) in [6.07, 6.45) is 0. The van der Waals surface area contributed by atoms with Crippen molar-refractivity contribution in [3.8, 4) is 11.1 Å². The van der Waals surface area contributed by atoms with E-state index < -0.39 is 5.92 Å². The smallest absolute Gasteiger partial charge is 0.142 e. The fourth-order valence-electron chi connectivity index (χ4n) is 5.46. The third kappa shape index (κ3) is 5.09. The lowest BCUT2D eigenvalue weighted by atomic mass is 9.76. The van der Waals surface area contributed by atoms with Gasteiger partial charge in [0.25, 0.3) is 0 Å². The van der Waals surface area contributed by atoms with E-state index in [2.05, 4.69) is 0 Å². The molecule has 1 unspecified atom stereocenters. The van der Waals surface area contributed by atoms with Crippen LogP contribution in [0.3, 0.4) is 0 Å². The lowest BCUT2D eigenvalue weighted by Crippen LogP contribution is -2.17. The molecule has 0 saturated carbocycles. The van der Waals surface area contributed by atoms with Gasteiger partial charge in [0, 0.05) is 16.2 Å². The van der Waals surface area contributed by atoms with Crippen molar-refractivity contribution in [3.05, 3.63) is 189 Å². The van der Waals surface area contributed by atoms with Crippen LogP contribution in [0.1, 0.15) is 28.2 Å². The molecule has 0 fully saturated rings. The van der Waals surface area contributed by atoms with E-state index in [0.717, 1.165) is 33.4 Å². The van der Waals surface area contributed by atoms with E-state index in [1.165, 1.54) is 0 Å². The van der Waals surface area contributed by atoms with Crippen LogP contribution in [0.2, 0.25) is 5.02 Å². The zero-order valence-corrected chi connectivity index (χ0v) is 23.5. The Balaban J connectivity index is 1.66. The molecule has 41 heavy (non-hydrogen) atoms. The van der Waals surface area contributed by atoms with Crippen molar-refractivity contribution in [1.82, 2.24) is 0 Å². The number of halogens is 2. The van der Waals surface area contributed by atoms with Gasteiger partial charge in [-0.3, -0.25) is 0 Å². The molecule has 5 aromatic carbocycles. The molecule has 200 valence electrons.